The molecule has 6 heteroatoms. The van der Waals surface area contributed by atoms with E-state index in [-0.39, 0.29) is 0 Å². The van der Waals surface area contributed by atoms with Crippen LogP contribution >= 0.6 is 11.3 Å². The van der Waals surface area contributed by atoms with Crippen LogP contribution in [0.5, 0.6) is 0 Å². The van der Waals surface area contributed by atoms with Gasteiger partial charge in [0, 0.05) is 30.2 Å². The molecule has 3 heterocycles. The summed E-state index contributed by atoms with van der Waals surface area (Å²) >= 11 is 1.67. The van der Waals surface area contributed by atoms with Gasteiger partial charge in [-0.2, -0.15) is 4.98 Å². The lowest BCUT2D eigenvalue weighted by Crippen LogP contribution is -2.06. The van der Waals surface area contributed by atoms with Gasteiger partial charge in [-0.3, -0.25) is 0 Å². The van der Waals surface area contributed by atoms with Gasteiger partial charge in [0.2, 0.25) is 5.95 Å². The number of hydrogen-bond acceptors (Lipinski definition) is 5. The second-order valence-corrected chi connectivity index (χ2v) is 4.95. The molecule has 3 aromatic heterocycles. The van der Waals surface area contributed by atoms with E-state index < -0.39 is 0 Å². The lowest BCUT2D eigenvalue weighted by molar-refractivity contribution is 0.902. The van der Waals surface area contributed by atoms with Crippen molar-refractivity contribution in [1.29, 1.82) is 0 Å². The van der Waals surface area contributed by atoms with Crippen molar-refractivity contribution in [2.45, 2.75) is 13.3 Å². The molecule has 0 amide bonds. The Kier molecular flexibility index (Phi) is 2.93. The van der Waals surface area contributed by atoms with Gasteiger partial charge in [-0.05, 0) is 19.1 Å². The average molecular weight is 259 g/mol. The van der Waals surface area contributed by atoms with Crippen molar-refractivity contribution in [3.63, 3.8) is 0 Å². The zero-order chi connectivity index (χ0) is 12.4. The van der Waals surface area contributed by atoms with E-state index in [0.717, 1.165) is 29.3 Å². The molecular formula is C12H13N5S. The minimum Gasteiger partial charge on any atom is -0.352 e. The molecule has 0 aliphatic heterocycles. The molecule has 0 bridgehead atoms. The molecule has 5 nitrogen and oxygen atoms in total. The highest BCUT2D eigenvalue weighted by Gasteiger charge is 2.04. The Hall–Kier alpha value is -1.95. The number of aromatic nitrogens is 4. The van der Waals surface area contributed by atoms with Gasteiger partial charge < -0.3 is 5.32 Å². The summed E-state index contributed by atoms with van der Waals surface area (Å²) in [6.07, 6.45) is 2.72. The summed E-state index contributed by atoms with van der Waals surface area (Å²) in [6.45, 7) is 2.81. The van der Waals surface area contributed by atoms with Crippen LogP contribution in [-0.2, 0) is 6.42 Å². The van der Waals surface area contributed by atoms with E-state index in [1.165, 1.54) is 0 Å². The van der Waals surface area contributed by atoms with Crippen molar-refractivity contribution < 1.29 is 0 Å². The normalized spacial score (nSPS) is 10.9. The SMILES string of the molecule is Cc1cccc2nc(NCCc3nccs3)nn12. The highest BCUT2D eigenvalue weighted by molar-refractivity contribution is 7.09. The van der Waals surface area contributed by atoms with Crippen LogP contribution in [0, 0.1) is 6.92 Å². The minimum atomic E-state index is 0.667. The Balaban J connectivity index is 1.69. The molecular weight excluding hydrogens is 246 g/mol. The number of fused-ring (bicyclic) bond motifs is 1. The summed E-state index contributed by atoms with van der Waals surface area (Å²) in [5.41, 5.74) is 1.94. The van der Waals surface area contributed by atoms with Crippen LogP contribution in [0.4, 0.5) is 5.95 Å². The largest absolute Gasteiger partial charge is 0.352 e. The number of pyridine rings is 1. The molecule has 0 spiro atoms. The van der Waals surface area contributed by atoms with Crippen LogP contribution in [0.3, 0.4) is 0 Å². The van der Waals surface area contributed by atoms with Crippen LogP contribution < -0.4 is 5.32 Å². The smallest absolute Gasteiger partial charge is 0.243 e. The standard InChI is InChI=1S/C12H13N5S/c1-9-3-2-4-10-15-12(16-17(9)10)14-6-5-11-13-7-8-18-11/h2-4,7-8H,5-6H2,1H3,(H,14,16). The number of nitrogens with zero attached hydrogens (tertiary/aromatic N) is 4. The summed E-state index contributed by atoms with van der Waals surface area (Å²) < 4.78 is 1.84. The Morgan fingerprint density at radius 3 is 3.11 bits per heavy atom. The van der Waals surface area contributed by atoms with Crippen molar-refractivity contribution in [2.75, 3.05) is 11.9 Å². The first-order chi connectivity index (χ1) is 8.83. The molecule has 0 saturated carbocycles. The molecule has 0 unspecified atom stereocenters. The lowest BCUT2D eigenvalue weighted by atomic mass is 10.4. The van der Waals surface area contributed by atoms with Gasteiger partial charge in [0.25, 0.3) is 0 Å². The topological polar surface area (TPSA) is 55.1 Å². The lowest BCUT2D eigenvalue weighted by Gasteiger charge is -1.98. The van der Waals surface area contributed by atoms with E-state index in [1.807, 2.05) is 41.2 Å². The van der Waals surface area contributed by atoms with Gasteiger partial charge >= 0.3 is 0 Å². The van der Waals surface area contributed by atoms with Crippen molar-refractivity contribution >= 4 is 22.9 Å². The predicted molar refractivity (Wildman–Crippen MR) is 72.0 cm³/mol. The third-order valence-electron chi connectivity index (χ3n) is 2.65. The highest BCUT2D eigenvalue weighted by Crippen LogP contribution is 2.09. The maximum absolute atomic E-state index is 4.42. The first kappa shape index (κ1) is 11.2. The Morgan fingerprint density at radius 1 is 1.39 bits per heavy atom. The van der Waals surface area contributed by atoms with Gasteiger partial charge in [-0.15, -0.1) is 16.4 Å². The minimum absolute atomic E-state index is 0.667. The van der Waals surface area contributed by atoms with Crippen molar-refractivity contribution in [3.8, 4) is 0 Å². The molecule has 0 aliphatic rings. The summed E-state index contributed by atoms with van der Waals surface area (Å²) in [6, 6.07) is 5.95. The molecule has 0 radical (unpaired) electrons. The van der Waals surface area contributed by atoms with E-state index in [2.05, 4.69) is 20.4 Å². The van der Waals surface area contributed by atoms with Gasteiger partial charge in [-0.1, -0.05) is 6.07 Å². The zero-order valence-corrected chi connectivity index (χ0v) is 10.8. The monoisotopic (exact) mass is 259 g/mol. The Labute approximate surface area is 109 Å². The van der Waals surface area contributed by atoms with Crippen LogP contribution in [0.25, 0.3) is 5.65 Å². The third kappa shape index (κ3) is 2.19. The van der Waals surface area contributed by atoms with Crippen LogP contribution in [0.1, 0.15) is 10.7 Å². The Morgan fingerprint density at radius 2 is 2.33 bits per heavy atom. The molecule has 1 N–H and O–H groups in total. The molecule has 3 aromatic rings. The van der Waals surface area contributed by atoms with Gasteiger partial charge in [-0.25, -0.2) is 9.50 Å². The van der Waals surface area contributed by atoms with Crippen molar-refractivity contribution in [1.82, 2.24) is 19.6 Å². The zero-order valence-electron chi connectivity index (χ0n) is 10.00. The predicted octanol–water partition coefficient (Wildman–Crippen LogP) is 2.15. The summed E-state index contributed by atoms with van der Waals surface area (Å²) in [4.78, 5) is 8.65. The maximum atomic E-state index is 4.42. The van der Waals surface area contributed by atoms with Crippen LogP contribution in [0.2, 0.25) is 0 Å². The number of anilines is 1. The van der Waals surface area contributed by atoms with E-state index in [0.29, 0.717) is 5.95 Å². The number of rotatable bonds is 4. The van der Waals surface area contributed by atoms with Gasteiger partial charge in [0.05, 0.1) is 5.01 Å². The second kappa shape index (κ2) is 4.73. The van der Waals surface area contributed by atoms with Crippen molar-refractivity contribution in [2.24, 2.45) is 0 Å². The maximum Gasteiger partial charge on any atom is 0.243 e. The summed E-state index contributed by atoms with van der Waals surface area (Å²) in [5, 5.41) is 10.7. The quantitative estimate of drug-likeness (QED) is 0.780. The summed E-state index contributed by atoms with van der Waals surface area (Å²) in [7, 11) is 0. The van der Waals surface area contributed by atoms with Gasteiger partial charge in [0.1, 0.15) is 0 Å². The number of nitrogens with one attached hydrogen (secondary N) is 1. The third-order valence-corrected chi connectivity index (χ3v) is 3.49. The van der Waals surface area contributed by atoms with E-state index in [4.69, 9.17) is 0 Å². The molecule has 3 rings (SSSR count). The first-order valence-electron chi connectivity index (χ1n) is 5.77. The molecule has 18 heavy (non-hydrogen) atoms. The number of hydrogen-bond donors (Lipinski definition) is 1. The fourth-order valence-electron chi connectivity index (χ4n) is 1.77. The Bertz CT molecular complexity index is 644. The average Bonchev–Trinajstić information content (AvgIpc) is 2.98. The molecule has 0 aromatic carbocycles. The fraction of sp³-hybridized carbons (Fsp3) is 0.250. The number of aryl methyl sites for hydroxylation is 1. The van der Waals surface area contributed by atoms with Crippen LogP contribution in [-0.4, -0.2) is 26.1 Å². The molecule has 0 saturated heterocycles. The van der Waals surface area contributed by atoms with E-state index in [1.54, 1.807) is 11.3 Å². The van der Waals surface area contributed by atoms with E-state index in [9.17, 15) is 0 Å². The molecule has 92 valence electrons. The van der Waals surface area contributed by atoms with Crippen molar-refractivity contribution in [3.05, 3.63) is 40.5 Å². The fourth-order valence-corrected chi connectivity index (χ4v) is 2.39. The van der Waals surface area contributed by atoms with Gasteiger partial charge in [0.15, 0.2) is 5.65 Å². The van der Waals surface area contributed by atoms with E-state index >= 15 is 0 Å². The molecule has 0 atom stereocenters. The second-order valence-electron chi connectivity index (χ2n) is 3.98. The number of thiazole rings is 1. The molecule has 0 aliphatic carbocycles. The van der Waals surface area contributed by atoms with Crippen LogP contribution in [0.15, 0.2) is 29.8 Å². The summed E-state index contributed by atoms with van der Waals surface area (Å²) in [5.74, 6) is 0.667. The molecule has 0 fully saturated rings. The highest BCUT2D eigenvalue weighted by atomic mass is 32.1. The first-order valence-corrected chi connectivity index (χ1v) is 6.65.